The van der Waals surface area contributed by atoms with E-state index in [-0.39, 0.29) is 12.4 Å². The second kappa shape index (κ2) is 7.48. The van der Waals surface area contributed by atoms with Gasteiger partial charge in [0.25, 0.3) is 0 Å². The van der Waals surface area contributed by atoms with Crippen molar-refractivity contribution in [3.8, 4) is 0 Å². The van der Waals surface area contributed by atoms with Crippen LogP contribution in [0.15, 0.2) is 42.7 Å². The highest BCUT2D eigenvalue weighted by Crippen LogP contribution is 2.24. The average Bonchev–Trinajstić information content (AvgIpc) is 2.68. The normalized spacial score (nSPS) is 14.3. The number of hydrogen-bond donors (Lipinski definition) is 1. The van der Waals surface area contributed by atoms with E-state index >= 15 is 0 Å². The van der Waals surface area contributed by atoms with Crippen molar-refractivity contribution in [3.05, 3.63) is 42.7 Å². The van der Waals surface area contributed by atoms with Crippen LogP contribution in [0, 0.1) is 0 Å². The molecule has 4 rings (SSSR count). The Hall–Kier alpha value is -2.67. The van der Waals surface area contributed by atoms with E-state index in [4.69, 9.17) is 9.97 Å². The third-order valence-corrected chi connectivity index (χ3v) is 4.23. The third kappa shape index (κ3) is 3.41. The van der Waals surface area contributed by atoms with Crippen molar-refractivity contribution in [2.24, 2.45) is 0 Å². The summed E-state index contributed by atoms with van der Waals surface area (Å²) in [7, 11) is 1.89. The zero-order chi connectivity index (χ0) is 16.4. The summed E-state index contributed by atoms with van der Waals surface area (Å²) >= 11 is 0. The first-order valence-corrected chi connectivity index (χ1v) is 8.06. The minimum absolute atomic E-state index is 0. The van der Waals surface area contributed by atoms with E-state index in [1.807, 2.05) is 37.4 Å². The molecule has 0 amide bonds. The minimum atomic E-state index is 0. The lowest BCUT2D eigenvalue weighted by Gasteiger charge is -2.34. The summed E-state index contributed by atoms with van der Waals surface area (Å²) in [4.78, 5) is 22.5. The molecule has 130 valence electrons. The molecule has 25 heavy (non-hydrogen) atoms. The molecule has 3 aromatic rings. The predicted molar refractivity (Wildman–Crippen MR) is 103 cm³/mol. The van der Waals surface area contributed by atoms with E-state index in [0.29, 0.717) is 0 Å². The molecule has 1 fully saturated rings. The molecule has 0 radical (unpaired) electrons. The molecule has 0 bridgehead atoms. The number of anilines is 3. The number of aromatic nitrogens is 4. The minimum Gasteiger partial charge on any atom is -0.372 e. The molecule has 7 nitrogen and oxygen atoms in total. The largest absolute Gasteiger partial charge is 0.372 e. The van der Waals surface area contributed by atoms with Gasteiger partial charge in [-0.3, -0.25) is 0 Å². The molecule has 0 aliphatic carbocycles. The van der Waals surface area contributed by atoms with Crippen LogP contribution < -0.4 is 15.1 Å². The van der Waals surface area contributed by atoms with Crippen molar-refractivity contribution in [1.29, 1.82) is 0 Å². The smallest absolute Gasteiger partial charge is 0.228 e. The van der Waals surface area contributed by atoms with E-state index in [1.165, 1.54) is 0 Å². The van der Waals surface area contributed by atoms with Gasteiger partial charge < -0.3 is 15.1 Å². The molecule has 0 saturated carbocycles. The fourth-order valence-corrected chi connectivity index (χ4v) is 2.96. The van der Waals surface area contributed by atoms with Gasteiger partial charge in [0.05, 0.1) is 5.52 Å². The molecule has 0 unspecified atom stereocenters. The van der Waals surface area contributed by atoms with Gasteiger partial charge in [0, 0.05) is 51.0 Å². The van der Waals surface area contributed by atoms with Crippen LogP contribution in [0.5, 0.6) is 0 Å². The van der Waals surface area contributed by atoms with Crippen LogP contribution in [-0.4, -0.2) is 53.2 Å². The molecule has 2 aromatic heterocycles. The molecule has 1 N–H and O–H groups in total. The zero-order valence-electron chi connectivity index (χ0n) is 14.0. The fraction of sp³-hybridized carbons (Fsp3) is 0.294. The molecule has 8 heteroatoms. The van der Waals surface area contributed by atoms with Crippen LogP contribution in [0.1, 0.15) is 0 Å². The number of nitrogens with one attached hydrogen (secondary N) is 1. The van der Waals surface area contributed by atoms with Crippen LogP contribution in [0.4, 0.5) is 17.7 Å². The number of nitrogens with zero attached hydrogens (tertiary/aromatic N) is 6. The number of halogens is 1. The third-order valence-electron chi connectivity index (χ3n) is 4.23. The lowest BCUT2D eigenvalue weighted by atomic mass is 10.2. The molecule has 1 aromatic carbocycles. The summed E-state index contributed by atoms with van der Waals surface area (Å²) in [5.74, 6) is 2.42. The Bertz CT molecular complexity index is 835. The maximum absolute atomic E-state index is 4.73. The van der Waals surface area contributed by atoms with Crippen molar-refractivity contribution in [3.63, 3.8) is 0 Å². The number of rotatable bonds is 3. The second-order valence-corrected chi connectivity index (χ2v) is 5.66. The van der Waals surface area contributed by atoms with Gasteiger partial charge in [-0.1, -0.05) is 12.1 Å². The first-order valence-electron chi connectivity index (χ1n) is 8.06. The average molecular weight is 358 g/mol. The Morgan fingerprint density at radius 2 is 1.48 bits per heavy atom. The van der Waals surface area contributed by atoms with Crippen molar-refractivity contribution >= 4 is 41.0 Å². The van der Waals surface area contributed by atoms with Crippen molar-refractivity contribution in [1.82, 2.24) is 19.9 Å². The number of fused-ring (bicyclic) bond motifs is 1. The molecule has 0 atom stereocenters. The summed E-state index contributed by atoms with van der Waals surface area (Å²) in [6.45, 7) is 3.41. The van der Waals surface area contributed by atoms with E-state index in [2.05, 4.69) is 25.1 Å². The van der Waals surface area contributed by atoms with Gasteiger partial charge in [-0.05, 0) is 18.2 Å². The molecule has 1 aliphatic heterocycles. The van der Waals surface area contributed by atoms with Crippen LogP contribution >= 0.6 is 12.4 Å². The summed E-state index contributed by atoms with van der Waals surface area (Å²) in [6, 6.07) is 9.90. The monoisotopic (exact) mass is 357 g/mol. The highest BCUT2D eigenvalue weighted by Gasteiger charge is 2.21. The van der Waals surface area contributed by atoms with Crippen molar-refractivity contribution in [2.75, 3.05) is 48.3 Å². The van der Waals surface area contributed by atoms with Crippen LogP contribution in [0.2, 0.25) is 0 Å². The summed E-state index contributed by atoms with van der Waals surface area (Å²) in [6.07, 6.45) is 3.56. The Morgan fingerprint density at radius 3 is 2.16 bits per heavy atom. The first kappa shape index (κ1) is 17.2. The van der Waals surface area contributed by atoms with Gasteiger partial charge in [0.15, 0.2) is 0 Å². The van der Waals surface area contributed by atoms with Gasteiger partial charge in [0.1, 0.15) is 5.82 Å². The van der Waals surface area contributed by atoms with Crippen LogP contribution in [0.25, 0.3) is 10.9 Å². The predicted octanol–water partition coefficient (Wildman–Crippen LogP) is 2.21. The molecule has 3 heterocycles. The Balaban J connectivity index is 0.00000182. The zero-order valence-corrected chi connectivity index (χ0v) is 14.8. The molecular weight excluding hydrogens is 338 g/mol. The maximum atomic E-state index is 4.73. The highest BCUT2D eigenvalue weighted by molar-refractivity contribution is 5.90. The van der Waals surface area contributed by atoms with E-state index in [9.17, 15) is 0 Å². The summed E-state index contributed by atoms with van der Waals surface area (Å²) in [5.41, 5.74) is 0.959. The highest BCUT2D eigenvalue weighted by atomic mass is 35.5. The summed E-state index contributed by atoms with van der Waals surface area (Å²) < 4.78 is 0. The fourth-order valence-electron chi connectivity index (χ4n) is 2.96. The van der Waals surface area contributed by atoms with Gasteiger partial charge >= 0.3 is 0 Å². The number of para-hydroxylation sites is 1. The topological polar surface area (TPSA) is 70.1 Å². The maximum Gasteiger partial charge on any atom is 0.228 e. The van der Waals surface area contributed by atoms with Gasteiger partial charge in [-0.2, -0.15) is 4.98 Å². The Morgan fingerprint density at radius 1 is 0.840 bits per heavy atom. The molecule has 1 aliphatic rings. The van der Waals surface area contributed by atoms with Crippen molar-refractivity contribution < 1.29 is 0 Å². The molecule has 0 spiro atoms. The number of benzene rings is 1. The lowest BCUT2D eigenvalue weighted by Crippen LogP contribution is -2.47. The van der Waals surface area contributed by atoms with Gasteiger partial charge in [-0.25, -0.2) is 15.0 Å². The standard InChI is InChI=1S/C17H19N7.ClH/c1-18-15-13-5-2-3-6-14(13)21-17(22-15)24-11-9-23(10-12-24)16-19-7-4-8-20-16;/h2-8H,9-12H2,1H3,(H,18,21,22);1H. The Labute approximate surface area is 152 Å². The molecular formula is C17H20ClN7. The van der Waals surface area contributed by atoms with E-state index in [1.54, 1.807) is 12.4 Å². The first-order chi connectivity index (χ1) is 11.8. The lowest BCUT2D eigenvalue weighted by molar-refractivity contribution is 0.629. The molecule has 1 saturated heterocycles. The SMILES string of the molecule is CNc1nc(N2CCN(c3ncccn3)CC2)nc2ccccc12.Cl. The van der Waals surface area contributed by atoms with Gasteiger partial charge in [-0.15, -0.1) is 12.4 Å². The second-order valence-electron chi connectivity index (χ2n) is 5.66. The van der Waals surface area contributed by atoms with Crippen LogP contribution in [-0.2, 0) is 0 Å². The van der Waals surface area contributed by atoms with E-state index in [0.717, 1.165) is 54.8 Å². The number of hydrogen-bond acceptors (Lipinski definition) is 7. The number of piperazine rings is 1. The van der Waals surface area contributed by atoms with Crippen LogP contribution in [0.3, 0.4) is 0 Å². The van der Waals surface area contributed by atoms with Gasteiger partial charge in [0.2, 0.25) is 11.9 Å². The summed E-state index contributed by atoms with van der Waals surface area (Å²) in [5, 5.41) is 4.22. The quantitative estimate of drug-likeness (QED) is 0.770. The van der Waals surface area contributed by atoms with E-state index < -0.39 is 0 Å². The van der Waals surface area contributed by atoms with Crippen molar-refractivity contribution in [2.45, 2.75) is 0 Å². The Kier molecular flexibility index (Phi) is 5.14.